The van der Waals surface area contributed by atoms with Gasteiger partial charge in [0.1, 0.15) is 11.6 Å². The SMILES string of the molecule is Cc1cc(N(C)C)nc(CNS(=O)(=O)N(C)C)n1. The van der Waals surface area contributed by atoms with Gasteiger partial charge in [-0.3, -0.25) is 0 Å². The maximum Gasteiger partial charge on any atom is 0.279 e. The fourth-order valence-corrected chi connectivity index (χ4v) is 1.77. The zero-order chi connectivity index (χ0) is 13.9. The van der Waals surface area contributed by atoms with Crippen molar-refractivity contribution in [3.05, 3.63) is 17.6 Å². The predicted octanol–water partition coefficient (Wildman–Crippen LogP) is -0.253. The van der Waals surface area contributed by atoms with Gasteiger partial charge in [-0.1, -0.05) is 0 Å². The van der Waals surface area contributed by atoms with E-state index >= 15 is 0 Å². The van der Waals surface area contributed by atoms with Crippen molar-refractivity contribution in [2.24, 2.45) is 0 Å². The normalized spacial score (nSPS) is 11.9. The molecule has 18 heavy (non-hydrogen) atoms. The lowest BCUT2D eigenvalue weighted by atomic mass is 10.4. The average molecular weight is 273 g/mol. The summed E-state index contributed by atoms with van der Waals surface area (Å²) in [6, 6.07) is 1.84. The minimum Gasteiger partial charge on any atom is -0.363 e. The summed E-state index contributed by atoms with van der Waals surface area (Å²) in [5.41, 5.74) is 0.799. The van der Waals surface area contributed by atoms with Gasteiger partial charge in [0.25, 0.3) is 10.2 Å². The minimum atomic E-state index is -3.45. The summed E-state index contributed by atoms with van der Waals surface area (Å²) in [7, 11) is 3.21. The predicted molar refractivity (Wildman–Crippen MR) is 70.5 cm³/mol. The fraction of sp³-hybridized carbons (Fsp3) is 0.600. The first-order chi connectivity index (χ1) is 8.22. The molecule has 0 radical (unpaired) electrons. The quantitative estimate of drug-likeness (QED) is 0.800. The molecular weight excluding hydrogens is 254 g/mol. The highest BCUT2D eigenvalue weighted by Gasteiger charge is 2.13. The van der Waals surface area contributed by atoms with Crippen LogP contribution in [-0.4, -0.2) is 50.9 Å². The van der Waals surface area contributed by atoms with Crippen LogP contribution in [-0.2, 0) is 16.8 Å². The molecule has 0 saturated heterocycles. The standard InChI is InChI=1S/C10H19N5O2S/c1-8-6-10(14(2)3)13-9(12-8)7-11-18(16,17)15(4)5/h6,11H,7H2,1-5H3. The summed E-state index contributed by atoms with van der Waals surface area (Å²) < 4.78 is 26.6. The zero-order valence-corrected chi connectivity index (χ0v) is 12.1. The number of hydrogen-bond donors (Lipinski definition) is 1. The number of aromatic nitrogens is 2. The van der Waals surface area contributed by atoms with Crippen LogP contribution in [0.3, 0.4) is 0 Å². The highest BCUT2D eigenvalue weighted by molar-refractivity contribution is 7.87. The van der Waals surface area contributed by atoms with E-state index in [0.29, 0.717) is 5.82 Å². The molecule has 0 aliphatic heterocycles. The Morgan fingerprint density at radius 1 is 1.22 bits per heavy atom. The molecule has 0 aliphatic rings. The highest BCUT2D eigenvalue weighted by Crippen LogP contribution is 2.09. The fourth-order valence-electron chi connectivity index (χ4n) is 1.21. The molecule has 8 heteroatoms. The van der Waals surface area contributed by atoms with E-state index in [-0.39, 0.29) is 6.54 Å². The molecule has 0 fully saturated rings. The average Bonchev–Trinajstić information content (AvgIpc) is 2.25. The molecule has 0 spiro atoms. The van der Waals surface area contributed by atoms with Gasteiger partial charge >= 0.3 is 0 Å². The molecule has 1 aromatic heterocycles. The third kappa shape index (κ3) is 3.90. The lowest BCUT2D eigenvalue weighted by Gasteiger charge is -2.14. The van der Waals surface area contributed by atoms with Gasteiger partial charge in [0, 0.05) is 40.0 Å². The van der Waals surface area contributed by atoms with Gasteiger partial charge in [-0.15, -0.1) is 0 Å². The number of rotatable bonds is 5. The van der Waals surface area contributed by atoms with E-state index in [1.165, 1.54) is 14.1 Å². The Morgan fingerprint density at radius 3 is 2.33 bits per heavy atom. The van der Waals surface area contributed by atoms with Crippen molar-refractivity contribution in [1.82, 2.24) is 19.0 Å². The molecular formula is C10H19N5O2S. The van der Waals surface area contributed by atoms with Crippen LogP contribution in [0.2, 0.25) is 0 Å². The molecule has 1 N–H and O–H groups in total. The van der Waals surface area contributed by atoms with Crippen LogP contribution >= 0.6 is 0 Å². The topological polar surface area (TPSA) is 78.4 Å². The second-order valence-electron chi connectivity index (χ2n) is 4.29. The summed E-state index contributed by atoms with van der Waals surface area (Å²) in [5.74, 6) is 1.20. The van der Waals surface area contributed by atoms with Gasteiger partial charge in [-0.05, 0) is 6.92 Å². The second kappa shape index (κ2) is 5.59. The van der Waals surface area contributed by atoms with Crippen molar-refractivity contribution >= 4 is 16.0 Å². The summed E-state index contributed by atoms with van der Waals surface area (Å²) in [4.78, 5) is 10.3. The first-order valence-corrected chi connectivity index (χ1v) is 6.85. The van der Waals surface area contributed by atoms with E-state index in [9.17, 15) is 8.42 Å². The van der Waals surface area contributed by atoms with E-state index in [1.54, 1.807) is 0 Å². The van der Waals surface area contributed by atoms with Crippen molar-refractivity contribution in [2.75, 3.05) is 33.1 Å². The van der Waals surface area contributed by atoms with Gasteiger partial charge < -0.3 is 4.90 Å². The maximum absolute atomic E-state index is 11.6. The summed E-state index contributed by atoms with van der Waals surface area (Å²) >= 11 is 0. The zero-order valence-electron chi connectivity index (χ0n) is 11.3. The lowest BCUT2D eigenvalue weighted by Crippen LogP contribution is -2.35. The van der Waals surface area contributed by atoms with Crippen molar-refractivity contribution < 1.29 is 8.42 Å². The summed E-state index contributed by atoms with van der Waals surface area (Å²) in [5, 5.41) is 0. The maximum atomic E-state index is 11.6. The van der Waals surface area contributed by atoms with Gasteiger partial charge in [0.05, 0.1) is 6.54 Å². The molecule has 0 aliphatic carbocycles. The van der Waals surface area contributed by atoms with Crippen LogP contribution in [0.5, 0.6) is 0 Å². The van der Waals surface area contributed by atoms with Crippen molar-refractivity contribution in [3.8, 4) is 0 Å². The Balaban J connectivity index is 2.86. The van der Waals surface area contributed by atoms with Gasteiger partial charge in [-0.2, -0.15) is 17.4 Å². The smallest absolute Gasteiger partial charge is 0.279 e. The number of aryl methyl sites for hydroxylation is 1. The first kappa shape index (κ1) is 14.8. The molecule has 7 nitrogen and oxygen atoms in total. The van der Waals surface area contributed by atoms with Crippen LogP contribution in [0.15, 0.2) is 6.07 Å². The number of anilines is 1. The van der Waals surface area contributed by atoms with E-state index in [2.05, 4.69) is 14.7 Å². The van der Waals surface area contributed by atoms with Crippen LogP contribution in [0.4, 0.5) is 5.82 Å². The molecule has 0 amide bonds. The molecule has 0 saturated carbocycles. The Labute approximate surface area is 108 Å². The van der Waals surface area contributed by atoms with Crippen molar-refractivity contribution in [2.45, 2.75) is 13.5 Å². The number of nitrogens with one attached hydrogen (secondary N) is 1. The third-order valence-electron chi connectivity index (χ3n) is 2.24. The Hall–Kier alpha value is -1.25. The van der Waals surface area contributed by atoms with Crippen molar-refractivity contribution in [1.29, 1.82) is 0 Å². The molecule has 102 valence electrons. The van der Waals surface area contributed by atoms with Crippen LogP contribution in [0.1, 0.15) is 11.5 Å². The lowest BCUT2D eigenvalue weighted by molar-refractivity contribution is 0.503. The van der Waals surface area contributed by atoms with Gasteiger partial charge in [0.15, 0.2) is 0 Å². The van der Waals surface area contributed by atoms with E-state index < -0.39 is 10.2 Å². The van der Waals surface area contributed by atoms with Crippen LogP contribution in [0, 0.1) is 6.92 Å². The van der Waals surface area contributed by atoms with E-state index in [4.69, 9.17) is 0 Å². The summed E-state index contributed by atoms with van der Waals surface area (Å²) in [6.07, 6.45) is 0. The number of hydrogen-bond acceptors (Lipinski definition) is 5. The Kier molecular flexibility index (Phi) is 4.60. The van der Waals surface area contributed by atoms with Crippen LogP contribution < -0.4 is 9.62 Å². The molecule has 0 bridgehead atoms. The van der Waals surface area contributed by atoms with E-state index in [1.807, 2.05) is 32.0 Å². The molecule has 0 unspecified atom stereocenters. The Bertz CT molecular complexity index is 513. The largest absolute Gasteiger partial charge is 0.363 e. The highest BCUT2D eigenvalue weighted by atomic mass is 32.2. The second-order valence-corrected chi connectivity index (χ2v) is 6.26. The van der Waals surface area contributed by atoms with Crippen LogP contribution in [0.25, 0.3) is 0 Å². The molecule has 1 rings (SSSR count). The van der Waals surface area contributed by atoms with Gasteiger partial charge in [-0.25, -0.2) is 9.97 Å². The summed E-state index contributed by atoms with van der Waals surface area (Å²) in [6.45, 7) is 1.92. The number of nitrogens with zero attached hydrogens (tertiary/aromatic N) is 4. The molecule has 0 aromatic carbocycles. The third-order valence-corrected chi connectivity index (χ3v) is 3.71. The first-order valence-electron chi connectivity index (χ1n) is 5.41. The molecule has 0 atom stereocenters. The monoisotopic (exact) mass is 273 g/mol. The van der Waals surface area contributed by atoms with Gasteiger partial charge in [0.2, 0.25) is 0 Å². The van der Waals surface area contributed by atoms with Crippen molar-refractivity contribution in [3.63, 3.8) is 0 Å². The van der Waals surface area contributed by atoms with E-state index in [0.717, 1.165) is 15.8 Å². The molecule has 1 aromatic rings. The molecule has 1 heterocycles. The Morgan fingerprint density at radius 2 is 1.83 bits per heavy atom. The minimum absolute atomic E-state index is 0.0725.